The zero-order chi connectivity index (χ0) is 12.9. The van der Waals surface area contributed by atoms with Gasteiger partial charge in [-0.3, -0.25) is 4.79 Å². The summed E-state index contributed by atoms with van der Waals surface area (Å²) in [7, 11) is 0. The lowest BCUT2D eigenvalue weighted by Crippen LogP contribution is -2.37. The quantitative estimate of drug-likeness (QED) is 0.508. The van der Waals surface area contributed by atoms with Crippen LogP contribution in [0.1, 0.15) is 33.1 Å². The Balaban J connectivity index is 3.33. The minimum absolute atomic E-state index is 0.446. The number of aliphatic carboxylic acids is 1. The van der Waals surface area contributed by atoms with Crippen molar-refractivity contribution < 1.29 is 19.4 Å². The number of carboxylic acid groups (broad SMARTS) is 1. The number of carbonyl (C=O) groups is 1. The summed E-state index contributed by atoms with van der Waals surface area (Å²) in [6, 6.07) is -0.513. The number of rotatable bonds is 12. The average molecular weight is 247 g/mol. The number of hydrogen-bond acceptors (Lipinski definition) is 4. The first-order chi connectivity index (χ1) is 8.22. The Bertz CT molecular complexity index is 187. The molecule has 0 saturated heterocycles. The summed E-state index contributed by atoms with van der Waals surface area (Å²) in [5, 5.41) is 11.8. The first-order valence-electron chi connectivity index (χ1n) is 6.34. The highest BCUT2D eigenvalue weighted by Gasteiger charge is 2.14. The second kappa shape index (κ2) is 11.8. The van der Waals surface area contributed by atoms with Crippen LogP contribution in [-0.4, -0.2) is 50.1 Å². The van der Waals surface area contributed by atoms with Crippen LogP contribution in [0.3, 0.4) is 0 Å². The van der Waals surface area contributed by atoms with Gasteiger partial charge in [-0.25, -0.2) is 0 Å². The van der Waals surface area contributed by atoms with E-state index >= 15 is 0 Å². The molecule has 17 heavy (non-hydrogen) atoms. The molecule has 0 aliphatic rings. The average Bonchev–Trinajstić information content (AvgIpc) is 2.31. The summed E-state index contributed by atoms with van der Waals surface area (Å²) in [6.45, 7) is 6.99. The molecule has 0 amide bonds. The number of carboxylic acids is 1. The Kier molecular flexibility index (Phi) is 11.4. The third-order valence-corrected chi connectivity index (χ3v) is 2.31. The van der Waals surface area contributed by atoms with E-state index in [1.807, 2.05) is 6.92 Å². The molecule has 0 aliphatic carbocycles. The molecule has 1 unspecified atom stereocenters. The van der Waals surface area contributed by atoms with Crippen LogP contribution in [0.5, 0.6) is 0 Å². The maximum atomic E-state index is 10.8. The molecule has 0 aromatic rings. The van der Waals surface area contributed by atoms with Crippen LogP contribution >= 0.6 is 0 Å². The van der Waals surface area contributed by atoms with Gasteiger partial charge in [0, 0.05) is 13.2 Å². The normalized spacial score (nSPS) is 12.6. The number of nitrogens with one attached hydrogen (secondary N) is 1. The molecular weight excluding hydrogens is 222 g/mol. The van der Waals surface area contributed by atoms with Gasteiger partial charge in [-0.2, -0.15) is 0 Å². The molecule has 0 aliphatic heterocycles. The maximum absolute atomic E-state index is 10.8. The van der Waals surface area contributed by atoms with Gasteiger partial charge in [-0.15, -0.1) is 0 Å². The molecule has 102 valence electrons. The molecule has 0 saturated carbocycles. The van der Waals surface area contributed by atoms with Gasteiger partial charge < -0.3 is 19.9 Å². The second-order valence-corrected chi connectivity index (χ2v) is 3.82. The van der Waals surface area contributed by atoms with E-state index < -0.39 is 12.0 Å². The van der Waals surface area contributed by atoms with Crippen molar-refractivity contribution >= 4 is 5.97 Å². The zero-order valence-electron chi connectivity index (χ0n) is 10.9. The molecule has 0 bridgehead atoms. The molecule has 0 fully saturated rings. The van der Waals surface area contributed by atoms with E-state index in [0.717, 1.165) is 19.4 Å². The van der Waals surface area contributed by atoms with Gasteiger partial charge in [0.25, 0.3) is 0 Å². The first-order valence-corrected chi connectivity index (χ1v) is 6.34. The Hall–Kier alpha value is -0.650. The first kappa shape index (κ1) is 16.4. The fraction of sp³-hybridized carbons (Fsp3) is 0.917. The molecular formula is C12H25NO4. The minimum Gasteiger partial charge on any atom is -0.480 e. The number of hydrogen-bond donors (Lipinski definition) is 2. The molecule has 0 heterocycles. The molecule has 2 N–H and O–H groups in total. The molecule has 5 nitrogen and oxygen atoms in total. The molecule has 1 atom stereocenters. The third-order valence-electron chi connectivity index (χ3n) is 2.31. The highest BCUT2D eigenvalue weighted by atomic mass is 16.5. The van der Waals surface area contributed by atoms with E-state index in [1.54, 1.807) is 0 Å². The second-order valence-electron chi connectivity index (χ2n) is 3.82. The van der Waals surface area contributed by atoms with Gasteiger partial charge in [-0.1, -0.05) is 20.3 Å². The van der Waals surface area contributed by atoms with Crippen LogP contribution in [0.25, 0.3) is 0 Å². The summed E-state index contributed by atoms with van der Waals surface area (Å²) in [5.74, 6) is -0.824. The van der Waals surface area contributed by atoms with Crippen molar-refractivity contribution in [2.24, 2.45) is 0 Å². The highest BCUT2D eigenvalue weighted by molar-refractivity contribution is 5.73. The summed E-state index contributed by atoms with van der Waals surface area (Å²) in [5.41, 5.74) is 0. The topological polar surface area (TPSA) is 67.8 Å². The minimum atomic E-state index is -0.824. The smallest absolute Gasteiger partial charge is 0.320 e. The van der Waals surface area contributed by atoms with Gasteiger partial charge in [-0.05, 0) is 19.4 Å². The number of unbranched alkanes of at least 4 members (excludes halogenated alkanes) is 1. The van der Waals surface area contributed by atoms with Crippen molar-refractivity contribution in [2.75, 3.05) is 33.0 Å². The van der Waals surface area contributed by atoms with Gasteiger partial charge in [0.15, 0.2) is 0 Å². The SMILES string of the molecule is CCCCOCCOCCC(NCC)C(=O)O. The molecule has 0 aromatic heterocycles. The Morgan fingerprint density at radius 2 is 1.82 bits per heavy atom. The van der Waals surface area contributed by atoms with Crippen molar-refractivity contribution in [2.45, 2.75) is 39.2 Å². The van der Waals surface area contributed by atoms with Crippen LogP contribution < -0.4 is 5.32 Å². The lowest BCUT2D eigenvalue weighted by molar-refractivity contribution is -0.140. The third kappa shape index (κ3) is 10.2. The largest absolute Gasteiger partial charge is 0.480 e. The fourth-order valence-electron chi connectivity index (χ4n) is 1.33. The fourth-order valence-corrected chi connectivity index (χ4v) is 1.33. The lowest BCUT2D eigenvalue weighted by Gasteiger charge is -2.12. The van der Waals surface area contributed by atoms with Crippen LogP contribution in [0.4, 0.5) is 0 Å². The van der Waals surface area contributed by atoms with Crippen LogP contribution in [0, 0.1) is 0 Å². The highest BCUT2D eigenvalue weighted by Crippen LogP contribution is 1.94. The van der Waals surface area contributed by atoms with E-state index in [0.29, 0.717) is 32.8 Å². The Morgan fingerprint density at radius 1 is 1.18 bits per heavy atom. The lowest BCUT2D eigenvalue weighted by atomic mass is 10.2. The summed E-state index contributed by atoms with van der Waals surface area (Å²) in [6.07, 6.45) is 2.68. The van der Waals surface area contributed by atoms with Crippen LogP contribution in [0.2, 0.25) is 0 Å². The van der Waals surface area contributed by atoms with Crippen molar-refractivity contribution in [3.8, 4) is 0 Å². The summed E-state index contributed by atoms with van der Waals surface area (Å²) < 4.78 is 10.6. The predicted octanol–water partition coefficient (Wildman–Crippen LogP) is 1.27. The predicted molar refractivity (Wildman–Crippen MR) is 66.3 cm³/mol. The van der Waals surface area contributed by atoms with Gasteiger partial charge >= 0.3 is 5.97 Å². The zero-order valence-corrected chi connectivity index (χ0v) is 10.9. The molecule has 0 aromatic carbocycles. The maximum Gasteiger partial charge on any atom is 0.320 e. The molecule has 5 heteroatoms. The van der Waals surface area contributed by atoms with Crippen molar-refractivity contribution in [3.63, 3.8) is 0 Å². The molecule has 0 spiro atoms. The van der Waals surface area contributed by atoms with Gasteiger partial charge in [0.05, 0.1) is 13.2 Å². The molecule has 0 rings (SSSR count). The van der Waals surface area contributed by atoms with Crippen molar-refractivity contribution in [1.82, 2.24) is 5.32 Å². The number of ether oxygens (including phenoxy) is 2. The van der Waals surface area contributed by atoms with Crippen molar-refractivity contribution in [3.05, 3.63) is 0 Å². The molecule has 0 radical (unpaired) electrons. The van der Waals surface area contributed by atoms with Gasteiger partial charge in [0.1, 0.15) is 6.04 Å². The summed E-state index contributed by atoms with van der Waals surface area (Å²) in [4.78, 5) is 10.8. The van der Waals surface area contributed by atoms with Crippen molar-refractivity contribution in [1.29, 1.82) is 0 Å². The Morgan fingerprint density at radius 3 is 2.35 bits per heavy atom. The van der Waals surface area contributed by atoms with Crippen LogP contribution in [-0.2, 0) is 14.3 Å². The summed E-state index contributed by atoms with van der Waals surface area (Å²) >= 11 is 0. The van der Waals surface area contributed by atoms with E-state index in [4.69, 9.17) is 14.6 Å². The monoisotopic (exact) mass is 247 g/mol. The Labute approximate surface area is 103 Å². The van der Waals surface area contributed by atoms with Gasteiger partial charge in [0.2, 0.25) is 0 Å². The number of likely N-dealkylation sites (N-methyl/N-ethyl adjacent to an activating group) is 1. The van der Waals surface area contributed by atoms with E-state index in [1.165, 1.54) is 0 Å². The van der Waals surface area contributed by atoms with Crippen LogP contribution in [0.15, 0.2) is 0 Å². The van der Waals surface area contributed by atoms with E-state index in [-0.39, 0.29) is 0 Å². The standard InChI is InChI=1S/C12H25NO4/c1-3-5-7-16-9-10-17-8-6-11(12(14)15)13-4-2/h11,13H,3-10H2,1-2H3,(H,14,15). The van der Waals surface area contributed by atoms with E-state index in [2.05, 4.69) is 12.2 Å². The van der Waals surface area contributed by atoms with E-state index in [9.17, 15) is 4.79 Å².